The third-order valence-electron chi connectivity index (χ3n) is 3.50. The zero-order chi connectivity index (χ0) is 13.0. The maximum Gasteiger partial charge on any atom is 0.223 e. The van der Waals surface area contributed by atoms with Gasteiger partial charge in [0, 0.05) is 18.5 Å². The fourth-order valence-electron chi connectivity index (χ4n) is 2.36. The molecule has 0 spiro atoms. The minimum absolute atomic E-state index is 0.0613. The Morgan fingerprint density at radius 2 is 2.06 bits per heavy atom. The molecule has 0 bridgehead atoms. The van der Waals surface area contributed by atoms with E-state index in [0.717, 1.165) is 31.2 Å². The fraction of sp³-hybridized carbons (Fsp3) is 0.500. The topological polar surface area (TPSA) is 55.1 Å². The summed E-state index contributed by atoms with van der Waals surface area (Å²) in [5, 5.41) is 2.86. The highest BCUT2D eigenvalue weighted by molar-refractivity contribution is 5.78. The summed E-state index contributed by atoms with van der Waals surface area (Å²) in [6.07, 6.45) is 3.54. The van der Waals surface area contributed by atoms with Crippen molar-refractivity contribution in [2.24, 2.45) is 11.7 Å². The predicted molar refractivity (Wildman–Crippen MR) is 68.2 cm³/mol. The number of benzene rings is 1. The Hall–Kier alpha value is -1.42. The number of amides is 1. The van der Waals surface area contributed by atoms with Gasteiger partial charge in [-0.3, -0.25) is 4.79 Å². The summed E-state index contributed by atoms with van der Waals surface area (Å²) in [7, 11) is 0. The summed E-state index contributed by atoms with van der Waals surface area (Å²) in [4.78, 5) is 11.9. The number of nitrogens with one attached hydrogen (secondary N) is 1. The molecule has 0 aromatic heterocycles. The lowest BCUT2D eigenvalue weighted by atomic mass is 9.86. The van der Waals surface area contributed by atoms with Gasteiger partial charge in [-0.05, 0) is 43.4 Å². The van der Waals surface area contributed by atoms with Gasteiger partial charge in [0.2, 0.25) is 5.91 Å². The molecule has 0 atom stereocenters. The van der Waals surface area contributed by atoms with Crippen LogP contribution < -0.4 is 11.1 Å². The summed E-state index contributed by atoms with van der Waals surface area (Å²) in [6, 6.07) is 6.54. The Morgan fingerprint density at radius 3 is 2.72 bits per heavy atom. The molecule has 1 aromatic rings. The van der Waals surface area contributed by atoms with Gasteiger partial charge in [-0.25, -0.2) is 4.39 Å². The minimum Gasteiger partial charge on any atom is -0.352 e. The molecule has 1 fully saturated rings. The molecule has 1 amide bonds. The van der Waals surface area contributed by atoms with Crippen molar-refractivity contribution in [3.63, 3.8) is 0 Å². The van der Waals surface area contributed by atoms with Crippen molar-refractivity contribution >= 4 is 5.91 Å². The number of carbonyl (C=O) groups is 1. The molecule has 1 aromatic carbocycles. The Balaban J connectivity index is 1.81. The molecule has 18 heavy (non-hydrogen) atoms. The van der Waals surface area contributed by atoms with Crippen LogP contribution in [-0.2, 0) is 11.3 Å². The summed E-state index contributed by atoms with van der Waals surface area (Å²) >= 11 is 0. The quantitative estimate of drug-likeness (QED) is 0.861. The van der Waals surface area contributed by atoms with E-state index >= 15 is 0 Å². The maximum atomic E-state index is 13.0. The van der Waals surface area contributed by atoms with Crippen LogP contribution in [0, 0.1) is 11.7 Å². The number of rotatable bonds is 3. The van der Waals surface area contributed by atoms with E-state index < -0.39 is 0 Å². The van der Waals surface area contributed by atoms with E-state index in [1.54, 1.807) is 12.1 Å². The van der Waals surface area contributed by atoms with Crippen molar-refractivity contribution in [2.45, 2.75) is 38.3 Å². The third-order valence-corrected chi connectivity index (χ3v) is 3.50. The molecule has 0 saturated heterocycles. The van der Waals surface area contributed by atoms with Crippen LogP contribution in [0.25, 0.3) is 0 Å². The Bertz CT molecular complexity index is 414. The first-order chi connectivity index (χ1) is 8.65. The Kier molecular flexibility index (Phi) is 4.31. The molecule has 0 heterocycles. The highest BCUT2D eigenvalue weighted by Crippen LogP contribution is 2.23. The van der Waals surface area contributed by atoms with Crippen LogP contribution in [0.5, 0.6) is 0 Å². The van der Waals surface area contributed by atoms with Crippen LogP contribution in [0.3, 0.4) is 0 Å². The van der Waals surface area contributed by atoms with E-state index in [0.29, 0.717) is 6.54 Å². The molecular weight excluding hydrogens is 231 g/mol. The molecule has 2 rings (SSSR count). The lowest BCUT2D eigenvalue weighted by Crippen LogP contribution is -2.35. The van der Waals surface area contributed by atoms with E-state index in [1.165, 1.54) is 12.1 Å². The van der Waals surface area contributed by atoms with E-state index in [-0.39, 0.29) is 23.7 Å². The molecule has 0 aliphatic heterocycles. The minimum atomic E-state index is -0.273. The molecule has 3 nitrogen and oxygen atoms in total. The number of carbonyl (C=O) groups excluding carboxylic acids is 1. The second kappa shape index (κ2) is 5.96. The highest BCUT2D eigenvalue weighted by atomic mass is 19.1. The average Bonchev–Trinajstić information content (AvgIpc) is 2.37. The van der Waals surface area contributed by atoms with Gasteiger partial charge in [0.15, 0.2) is 0 Å². The van der Waals surface area contributed by atoms with Crippen LogP contribution in [0.4, 0.5) is 4.39 Å². The molecule has 98 valence electrons. The Morgan fingerprint density at radius 1 is 1.33 bits per heavy atom. The van der Waals surface area contributed by atoms with Gasteiger partial charge in [0.1, 0.15) is 5.82 Å². The second-order valence-electron chi connectivity index (χ2n) is 4.96. The van der Waals surface area contributed by atoms with E-state index in [4.69, 9.17) is 5.73 Å². The first kappa shape index (κ1) is 13.0. The molecule has 1 aliphatic rings. The normalized spacial score (nSPS) is 23.7. The van der Waals surface area contributed by atoms with Crippen molar-refractivity contribution in [1.29, 1.82) is 0 Å². The summed E-state index contributed by atoms with van der Waals surface area (Å²) < 4.78 is 13.0. The van der Waals surface area contributed by atoms with Crippen LogP contribution in [-0.4, -0.2) is 11.9 Å². The van der Waals surface area contributed by atoms with Crippen molar-refractivity contribution in [3.8, 4) is 0 Å². The zero-order valence-corrected chi connectivity index (χ0v) is 10.4. The van der Waals surface area contributed by atoms with Crippen molar-refractivity contribution in [1.82, 2.24) is 5.32 Å². The Labute approximate surface area is 107 Å². The summed E-state index contributed by atoms with van der Waals surface area (Å²) in [5.74, 6) is -0.144. The summed E-state index contributed by atoms with van der Waals surface area (Å²) in [6.45, 7) is 0.388. The number of nitrogens with two attached hydrogens (primary N) is 1. The van der Waals surface area contributed by atoms with Crippen molar-refractivity contribution < 1.29 is 9.18 Å². The second-order valence-corrected chi connectivity index (χ2v) is 4.96. The number of hydrogen-bond acceptors (Lipinski definition) is 2. The van der Waals surface area contributed by atoms with Crippen LogP contribution in [0.1, 0.15) is 31.2 Å². The SMILES string of the molecule is NC1CCC(C(=O)NCc2cccc(F)c2)CC1. The average molecular weight is 250 g/mol. The van der Waals surface area contributed by atoms with Gasteiger partial charge in [-0.2, -0.15) is 0 Å². The number of hydrogen-bond donors (Lipinski definition) is 2. The van der Waals surface area contributed by atoms with Gasteiger partial charge >= 0.3 is 0 Å². The van der Waals surface area contributed by atoms with Gasteiger partial charge < -0.3 is 11.1 Å². The summed E-state index contributed by atoms with van der Waals surface area (Å²) in [5.41, 5.74) is 6.59. The van der Waals surface area contributed by atoms with Crippen LogP contribution in [0.2, 0.25) is 0 Å². The molecule has 1 aliphatic carbocycles. The predicted octanol–water partition coefficient (Wildman–Crippen LogP) is 1.96. The highest BCUT2D eigenvalue weighted by Gasteiger charge is 2.24. The van der Waals surface area contributed by atoms with Crippen molar-refractivity contribution in [2.75, 3.05) is 0 Å². The van der Waals surface area contributed by atoms with Gasteiger partial charge in [-0.15, -0.1) is 0 Å². The zero-order valence-electron chi connectivity index (χ0n) is 10.4. The largest absolute Gasteiger partial charge is 0.352 e. The molecular formula is C14H19FN2O. The smallest absolute Gasteiger partial charge is 0.223 e. The fourth-order valence-corrected chi connectivity index (χ4v) is 2.36. The lowest BCUT2D eigenvalue weighted by molar-refractivity contribution is -0.126. The van der Waals surface area contributed by atoms with E-state index in [9.17, 15) is 9.18 Å². The van der Waals surface area contributed by atoms with E-state index in [2.05, 4.69) is 5.32 Å². The maximum absolute atomic E-state index is 13.0. The molecule has 4 heteroatoms. The van der Waals surface area contributed by atoms with Gasteiger partial charge in [0.25, 0.3) is 0 Å². The first-order valence-corrected chi connectivity index (χ1v) is 6.43. The standard InChI is InChI=1S/C14H19FN2O/c15-12-3-1-2-10(8-12)9-17-14(18)11-4-6-13(16)7-5-11/h1-3,8,11,13H,4-7,9,16H2,(H,17,18). The van der Waals surface area contributed by atoms with Gasteiger partial charge in [0.05, 0.1) is 0 Å². The molecule has 0 radical (unpaired) electrons. The molecule has 3 N–H and O–H groups in total. The molecule has 1 saturated carbocycles. The third kappa shape index (κ3) is 3.53. The first-order valence-electron chi connectivity index (χ1n) is 6.43. The van der Waals surface area contributed by atoms with Crippen molar-refractivity contribution in [3.05, 3.63) is 35.6 Å². The van der Waals surface area contributed by atoms with Crippen LogP contribution >= 0.6 is 0 Å². The van der Waals surface area contributed by atoms with Gasteiger partial charge in [-0.1, -0.05) is 12.1 Å². The van der Waals surface area contributed by atoms with E-state index in [1.807, 2.05) is 0 Å². The molecule has 0 unspecified atom stereocenters. The van der Waals surface area contributed by atoms with Crippen LogP contribution in [0.15, 0.2) is 24.3 Å². The lowest BCUT2D eigenvalue weighted by Gasteiger charge is -2.25. The monoisotopic (exact) mass is 250 g/mol. The number of halogens is 1.